The summed E-state index contributed by atoms with van der Waals surface area (Å²) < 4.78 is 41.2. The molecule has 2 aliphatic rings. The first kappa shape index (κ1) is 29.7. The molecule has 0 aliphatic carbocycles. The quantitative estimate of drug-likeness (QED) is 0.346. The van der Waals surface area contributed by atoms with Crippen LogP contribution in [0.3, 0.4) is 0 Å². The summed E-state index contributed by atoms with van der Waals surface area (Å²) in [5, 5.41) is 3.45. The Balaban J connectivity index is 1.46. The van der Waals surface area contributed by atoms with Crippen molar-refractivity contribution in [2.75, 3.05) is 19.6 Å². The van der Waals surface area contributed by atoms with Crippen LogP contribution in [0.4, 0.5) is 13.6 Å². The number of benzene rings is 2. The molecule has 5 rings (SSSR count). The fraction of sp³-hybridized carbons (Fsp3) is 0.469. The molecule has 224 valence electrons. The van der Waals surface area contributed by atoms with Gasteiger partial charge in [-0.3, -0.25) is 0 Å². The fourth-order valence-corrected chi connectivity index (χ4v) is 5.64. The van der Waals surface area contributed by atoms with Crippen molar-refractivity contribution in [1.82, 2.24) is 19.8 Å². The maximum Gasteiger partial charge on any atom is 0.410 e. The van der Waals surface area contributed by atoms with Crippen molar-refractivity contribution >= 4 is 12.1 Å². The van der Waals surface area contributed by atoms with Crippen molar-refractivity contribution in [1.29, 1.82) is 0 Å². The van der Waals surface area contributed by atoms with E-state index in [4.69, 9.17) is 14.5 Å². The molecule has 0 radical (unpaired) electrons. The lowest BCUT2D eigenvalue weighted by molar-refractivity contribution is -0.150. The predicted molar refractivity (Wildman–Crippen MR) is 154 cm³/mol. The molecule has 3 heterocycles. The minimum atomic E-state index is -0.967. The van der Waals surface area contributed by atoms with Crippen molar-refractivity contribution in [2.45, 2.75) is 76.7 Å². The molecule has 2 unspecified atom stereocenters. The lowest BCUT2D eigenvalue weighted by atomic mass is 9.95. The van der Waals surface area contributed by atoms with Gasteiger partial charge < -0.3 is 24.3 Å². The Bertz CT molecular complexity index is 1390. The summed E-state index contributed by atoms with van der Waals surface area (Å²) in [7, 11) is 0. The van der Waals surface area contributed by atoms with Gasteiger partial charge in [-0.05, 0) is 76.8 Å². The zero-order valence-corrected chi connectivity index (χ0v) is 24.3. The van der Waals surface area contributed by atoms with Crippen LogP contribution < -0.4 is 5.32 Å². The molecular weight excluding hydrogens is 542 g/mol. The Morgan fingerprint density at radius 2 is 1.79 bits per heavy atom. The number of carbonyl (C=O) groups excluding carboxylic acids is 2. The van der Waals surface area contributed by atoms with Gasteiger partial charge in [-0.1, -0.05) is 30.3 Å². The minimum Gasteiger partial charge on any atom is -0.459 e. The van der Waals surface area contributed by atoms with Gasteiger partial charge in [0.25, 0.3) is 0 Å². The SMILES string of the molecule is CC(C)(C)OC(=O)N1CCC(c2nc(-c3ccc(F)c(F)c3)cn2C(C(=O)OCc2ccccc2)C2CCCN2)CC1. The van der Waals surface area contributed by atoms with Crippen LogP contribution in [-0.4, -0.2) is 57.8 Å². The zero-order chi connectivity index (χ0) is 29.9. The maximum absolute atomic E-state index is 14.2. The van der Waals surface area contributed by atoms with Crippen LogP contribution >= 0.6 is 0 Å². The molecule has 0 bridgehead atoms. The summed E-state index contributed by atoms with van der Waals surface area (Å²) in [5.74, 6) is -1.71. The van der Waals surface area contributed by atoms with Crippen LogP contribution in [0.5, 0.6) is 0 Å². The van der Waals surface area contributed by atoms with Gasteiger partial charge in [0.1, 0.15) is 24.1 Å². The van der Waals surface area contributed by atoms with E-state index in [-0.39, 0.29) is 30.6 Å². The number of nitrogens with zero attached hydrogens (tertiary/aromatic N) is 3. The molecule has 0 spiro atoms. The summed E-state index contributed by atoms with van der Waals surface area (Å²) in [6.07, 6.45) is 4.30. The molecule has 2 aliphatic heterocycles. The maximum atomic E-state index is 14.2. The molecule has 0 saturated carbocycles. The van der Waals surface area contributed by atoms with E-state index in [9.17, 15) is 18.4 Å². The normalized spacial score (nSPS) is 18.6. The molecule has 2 atom stereocenters. The lowest BCUT2D eigenvalue weighted by Gasteiger charge is -2.34. The Morgan fingerprint density at radius 1 is 1.05 bits per heavy atom. The van der Waals surface area contributed by atoms with Crippen LogP contribution in [-0.2, 0) is 20.9 Å². The number of carbonyl (C=O) groups is 2. The summed E-state index contributed by atoms with van der Waals surface area (Å²) in [6, 6.07) is 12.3. The number of rotatable bonds is 7. The third-order valence-electron chi connectivity index (χ3n) is 7.73. The van der Waals surface area contributed by atoms with E-state index in [1.807, 2.05) is 55.7 Å². The molecule has 8 nitrogen and oxygen atoms in total. The second-order valence-corrected chi connectivity index (χ2v) is 12.0. The average molecular weight is 581 g/mol. The summed E-state index contributed by atoms with van der Waals surface area (Å²) in [6.45, 7) is 7.36. The number of hydrogen-bond acceptors (Lipinski definition) is 6. The van der Waals surface area contributed by atoms with Crippen molar-refractivity contribution in [3.05, 3.63) is 77.8 Å². The topological polar surface area (TPSA) is 85.7 Å². The monoisotopic (exact) mass is 580 g/mol. The van der Waals surface area contributed by atoms with Gasteiger partial charge in [0.15, 0.2) is 11.6 Å². The number of nitrogens with one attached hydrogen (secondary N) is 1. The number of halogens is 2. The summed E-state index contributed by atoms with van der Waals surface area (Å²) in [4.78, 5) is 33.0. The number of ether oxygens (including phenoxy) is 2. The van der Waals surface area contributed by atoms with Gasteiger partial charge in [-0.2, -0.15) is 0 Å². The highest BCUT2D eigenvalue weighted by atomic mass is 19.2. The van der Waals surface area contributed by atoms with E-state index < -0.39 is 23.3 Å². The highest BCUT2D eigenvalue weighted by Crippen LogP contribution is 2.35. The van der Waals surface area contributed by atoms with Gasteiger partial charge in [-0.15, -0.1) is 0 Å². The number of piperidine rings is 1. The van der Waals surface area contributed by atoms with E-state index in [0.717, 1.165) is 37.1 Å². The van der Waals surface area contributed by atoms with Gasteiger partial charge in [0.05, 0.1) is 5.69 Å². The Kier molecular flexibility index (Phi) is 8.91. The van der Waals surface area contributed by atoms with E-state index >= 15 is 0 Å². The Hall–Kier alpha value is -3.79. The first-order valence-electron chi connectivity index (χ1n) is 14.5. The van der Waals surface area contributed by atoms with Crippen LogP contribution in [0.2, 0.25) is 0 Å². The van der Waals surface area contributed by atoms with Gasteiger partial charge in [-0.25, -0.2) is 23.4 Å². The average Bonchev–Trinajstić information content (AvgIpc) is 3.65. The zero-order valence-electron chi connectivity index (χ0n) is 24.3. The van der Waals surface area contributed by atoms with Crippen molar-refractivity contribution in [2.24, 2.45) is 0 Å². The molecule has 1 amide bonds. The highest BCUT2D eigenvalue weighted by molar-refractivity contribution is 5.76. The number of aromatic nitrogens is 2. The third-order valence-corrected chi connectivity index (χ3v) is 7.73. The van der Waals surface area contributed by atoms with Gasteiger partial charge in [0.2, 0.25) is 0 Å². The molecule has 2 aromatic carbocycles. The molecule has 2 fully saturated rings. The summed E-state index contributed by atoms with van der Waals surface area (Å²) >= 11 is 0. The van der Waals surface area contributed by atoms with Crippen LogP contribution in [0.25, 0.3) is 11.3 Å². The van der Waals surface area contributed by atoms with Crippen LogP contribution in [0.1, 0.15) is 69.8 Å². The number of amides is 1. The largest absolute Gasteiger partial charge is 0.459 e. The standard InChI is InChI=1S/C32H38F2N4O4/c1-32(2,3)42-31(40)37-16-13-22(14-17-37)29-36-27(23-11-12-24(33)25(34)18-23)19-38(29)28(26-10-7-15-35-26)30(39)41-20-21-8-5-4-6-9-21/h4-6,8-9,11-12,18-19,22,26,28,35H,7,10,13-17,20H2,1-3H3. The molecule has 1 aromatic heterocycles. The predicted octanol–water partition coefficient (Wildman–Crippen LogP) is 5.98. The van der Waals surface area contributed by atoms with Crippen LogP contribution in [0.15, 0.2) is 54.7 Å². The van der Waals surface area contributed by atoms with Crippen LogP contribution in [0, 0.1) is 11.6 Å². The second-order valence-electron chi connectivity index (χ2n) is 12.0. The second kappa shape index (κ2) is 12.6. The number of hydrogen-bond donors (Lipinski definition) is 1. The third kappa shape index (κ3) is 6.98. The van der Waals surface area contributed by atoms with E-state index in [1.54, 1.807) is 11.1 Å². The van der Waals surface area contributed by atoms with Gasteiger partial charge >= 0.3 is 12.1 Å². The first-order chi connectivity index (χ1) is 20.1. The highest BCUT2D eigenvalue weighted by Gasteiger charge is 2.38. The Labute approximate surface area is 245 Å². The first-order valence-corrected chi connectivity index (χ1v) is 14.5. The fourth-order valence-electron chi connectivity index (χ4n) is 5.64. The van der Waals surface area contributed by atoms with Crippen molar-refractivity contribution < 1.29 is 27.8 Å². The number of imidazole rings is 1. The molecule has 42 heavy (non-hydrogen) atoms. The summed E-state index contributed by atoms with van der Waals surface area (Å²) in [5.41, 5.74) is 1.14. The number of esters is 1. The molecule has 2 saturated heterocycles. The molecule has 10 heteroatoms. The lowest BCUT2D eigenvalue weighted by Crippen LogP contribution is -2.42. The molecular formula is C32H38F2N4O4. The molecule has 1 N–H and O–H groups in total. The molecule has 3 aromatic rings. The van der Waals surface area contributed by atoms with E-state index in [0.29, 0.717) is 43.0 Å². The van der Waals surface area contributed by atoms with Crippen molar-refractivity contribution in [3.8, 4) is 11.3 Å². The Morgan fingerprint density at radius 3 is 2.43 bits per heavy atom. The smallest absolute Gasteiger partial charge is 0.410 e. The van der Waals surface area contributed by atoms with E-state index in [2.05, 4.69) is 5.32 Å². The van der Waals surface area contributed by atoms with E-state index in [1.165, 1.54) is 6.07 Å². The number of likely N-dealkylation sites (tertiary alicyclic amines) is 1. The van der Waals surface area contributed by atoms with Gasteiger partial charge in [0, 0.05) is 36.8 Å². The van der Waals surface area contributed by atoms with Crippen molar-refractivity contribution in [3.63, 3.8) is 0 Å². The minimum absolute atomic E-state index is 0.0754.